The Hall–Kier alpha value is -2.55. The molecule has 0 spiro atoms. The van der Waals surface area contributed by atoms with Gasteiger partial charge in [-0.3, -0.25) is 9.69 Å². The van der Waals surface area contributed by atoms with Crippen LogP contribution in [0.25, 0.3) is 0 Å². The Morgan fingerprint density at radius 2 is 1.65 bits per heavy atom. The van der Waals surface area contributed by atoms with Crippen molar-refractivity contribution in [1.29, 1.82) is 0 Å². The number of rotatable bonds is 3. The molecule has 0 saturated heterocycles. The van der Waals surface area contributed by atoms with E-state index in [1.807, 2.05) is 65.6 Å². The van der Waals surface area contributed by atoms with E-state index in [1.165, 1.54) is 0 Å². The van der Waals surface area contributed by atoms with Crippen molar-refractivity contribution in [1.82, 2.24) is 4.90 Å². The van der Waals surface area contributed by atoms with Gasteiger partial charge in [-0.05, 0) is 18.4 Å². The molecule has 1 unspecified atom stereocenters. The minimum Gasteiger partial charge on any atom is -0.470 e. The third-order valence-corrected chi connectivity index (χ3v) is 4.50. The number of ether oxygens (including phenoxy) is 1. The highest BCUT2D eigenvalue weighted by Crippen LogP contribution is 2.40. The van der Waals surface area contributed by atoms with E-state index in [-0.39, 0.29) is 12.1 Å². The van der Waals surface area contributed by atoms with Crippen molar-refractivity contribution < 1.29 is 9.53 Å². The van der Waals surface area contributed by atoms with Crippen LogP contribution in [-0.2, 0) is 16.1 Å². The van der Waals surface area contributed by atoms with Crippen molar-refractivity contribution in [2.45, 2.75) is 32.0 Å². The van der Waals surface area contributed by atoms with Crippen LogP contribution in [0.15, 0.2) is 72.0 Å². The van der Waals surface area contributed by atoms with Crippen molar-refractivity contribution in [3.05, 3.63) is 83.1 Å². The monoisotopic (exact) mass is 305 g/mol. The zero-order chi connectivity index (χ0) is 15.6. The van der Waals surface area contributed by atoms with Crippen LogP contribution in [0.2, 0.25) is 0 Å². The molecule has 2 aromatic carbocycles. The van der Waals surface area contributed by atoms with Gasteiger partial charge < -0.3 is 4.74 Å². The van der Waals surface area contributed by atoms with Crippen LogP contribution in [0.5, 0.6) is 0 Å². The Morgan fingerprint density at radius 3 is 2.39 bits per heavy atom. The minimum atomic E-state index is -0.333. The first-order chi connectivity index (χ1) is 11.3. The van der Waals surface area contributed by atoms with Gasteiger partial charge >= 0.3 is 0 Å². The van der Waals surface area contributed by atoms with E-state index in [0.717, 1.165) is 41.7 Å². The maximum Gasteiger partial charge on any atom is 0.256 e. The lowest BCUT2D eigenvalue weighted by Crippen LogP contribution is -2.40. The lowest BCUT2D eigenvalue weighted by Gasteiger charge is -2.37. The molecule has 2 aromatic rings. The quantitative estimate of drug-likeness (QED) is 0.851. The van der Waals surface area contributed by atoms with E-state index >= 15 is 0 Å². The zero-order valence-electron chi connectivity index (χ0n) is 12.9. The summed E-state index contributed by atoms with van der Waals surface area (Å²) in [5, 5.41) is 0. The molecule has 23 heavy (non-hydrogen) atoms. The number of benzene rings is 2. The van der Waals surface area contributed by atoms with Gasteiger partial charge in [0, 0.05) is 18.5 Å². The lowest BCUT2D eigenvalue weighted by molar-refractivity contribution is -0.145. The fourth-order valence-electron chi connectivity index (χ4n) is 3.35. The molecule has 0 N–H and O–H groups in total. The summed E-state index contributed by atoms with van der Waals surface area (Å²) < 4.78 is 6.24. The van der Waals surface area contributed by atoms with Crippen LogP contribution in [0.1, 0.15) is 36.6 Å². The summed E-state index contributed by atoms with van der Waals surface area (Å²) in [7, 11) is 0. The predicted molar refractivity (Wildman–Crippen MR) is 88.1 cm³/mol. The fraction of sp³-hybridized carbons (Fsp3) is 0.250. The first-order valence-electron chi connectivity index (χ1n) is 8.11. The standard InChI is InChI=1S/C20H19NO2/c22-19-17-12-7-13-18(17)23-20(16-10-5-2-6-11-16)21(19)14-15-8-3-1-4-9-15/h1-6,8-11,20H,7,12-14H2. The second-order valence-corrected chi connectivity index (χ2v) is 6.05. The second-order valence-electron chi connectivity index (χ2n) is 6.05. The summed E-state index contributed by atoms with van der Waals surface area (Å²) in [6, 6.07) is 20.1. The van der Waals surface area contributed by atoms with Gasteiger partial charge in [-0.1, -0.05) is 60.7 Å². The van der Waals surface area contributed by atoms with Crippen LogP contribution in [0.4, 0.5) is 0 Å². The van der Waals surface area contributed by atoms with E-state index < -0.39 is 0 Å². The summed E-state index contributed by atoms with van der Waals surface area (Å²) in [6.07, 6.45) is 2.39. The zero-order valence-corrected chi connectivity index (χ0v) is 12.9. The molecule has 0 aromatic heterocycles. The van der Waals surface area contributed by atoms with Gasteiger partial charge in [0.1, 0.15) is 5.76 Å². The van der Waals surface area contributed by atoms with E-state index in [9.17, 15) is 4.79 Å². The smallest absolute Gasteiger partial charge is 0.256 e. The molecule has 116 valence electrons. The normalized spacial score (nSPS) is 20.4. The molecule has 2 aliphatic rings. The lowest BCUT2D eigenvalue weighted by atomic mass is 10.1. The van der Waals surface area contributed by atoms with Crippen molar-refractivity contribution in [2.75, 3.05) is 0 Å². The highest BCUT2D eigenvalue weighted by atomic mass is 16.5. The highest BCUT2D eigenvalue weighted by Gasteiger charge is 2.38. The highest BCUT2D eigenvalue weighted by molar-refractivity contribution is 5.95. The molecule has 1 heterocycles. The summed E-state index contributed by atoms with van der Waals surface area (Å²) in [4.78, 5) is 14.8. The number of hydrogen-bond acceptors (Lipinski definition) is 2. The van der Waals surface area contributed by atoms with Gasteiger partial charge in [0.25, 0.3) is 5.91 Å². The first kappa shape index (κ1) is 14.1. The Labute approximate surface area is 136 Å². The number of carbonyl (C=O) groups excluding carboxylic acids is 1. The molecule has 3 nitrogen and oxygen atoms in total. The van der Waals surface area contributed by atoms with Crippen molar-refractivity contribution in [3.63, 3.8) is 0 Å². The summed E-state index contributed by atoms with van der Waals surface area (Å²) in [5.74, 6) is 1.02. The average Bonchev–Trinajstić information content (AvgIpc) is 3.08. The largest absolute Gasteiger partial charge is 0.470 e. The molecule has 1 amide bonds. The van der Waals surface area contributed by atoms with Crippen LogP contribution in [0.3, 0.4) is 0 Å². The number of hydrogen-bond donors (Lipinski definition) is 0. The van der Waals surface area contributed by atoms with E-state index in [2.05, 4.69) is 0 Å². The SMILES string of the molecule is O=C1C2=C(CCC2)OC(c2ccccc2)N1Cc1ccccc1. The van der Waals surface area contributed by atoms with Crippen LogP contribution < -0.4 is 0 Å². The van der Waals surface area contributed by atoms with Gasteiger partial charge in [-0.15, -0.1) is 0 Å². The van der Waals surface area contributed by atoms with Crippen LogP contribution >= 0.6 is 0 Å². The van der Waals surface area contributed by atoms with Crippen LogP contribution in [0, 0.1) is 0 Å². The number of allylic oxidation sites excluding steroid dienone is 1. The van der Waals surface area contributed by atoms with Crippen molar-refractivity contribution in [3.8, 4) is 0 Å². The Morgan fingerprint density at radius 1 is 0.957 bits per heavy atom. The third-order valence-electron chi connectivity index (χ3n) is 4.50. The maximum atomic E-state index is 13.0. The number of nitrogens with zero attached hydrogens (tertiary/aromatic N) is 1. The van der Waals surface area contributed by atoms with Gasteiger partial charge in [0.05, 0.1) is 5.57 Å². The van der Waals surface area contributed by atoms with E-state index in [1.54, 1.807) is 0 Å². The number of amides is 1. The molecule has 1 aliphatic carbocycles. The molecule has 1 aliphatic heterocycles. The Balaban J connectivity index is 1.71. The molecule has 1 atom stereocenters. The summed E-state index contributed by atoms with van der Waals surface area (Å²) in [6.45, 7) is 0.565. The molecule has 0 saturated carbocycles. The molecular weight excluding hydrogens is 286 g/mol. The van der Waals surface area contributed by atoms with Crippen molar-refractivity contribution in [2.24, 2.45) is 0 Å². The molecule has 0 radical (unpaired) electrons. The van der Waals surface area contributed by atoms with Gasteiger partial charge in [-0.25, -0.2) is 0 Å². The molecular formula is C20H19NO2. The third kappa shape index (κ3) is 2.63. The molecule has 3 heteroatoms. The number of carbonyl (C=O) groups is 1. The fourth-order valence-corrected chi connectivity index (χ4v) is 3.35. The van der Waals surface area contributed by atoms with E-state index in [4.69, 9.17) is 4.74 Å². The average molecular weight is 305 g/mol. The van der Waals surface area contributed by atoms with Crippen molar-refractivity contribution >= 4 is 5.91 Å². The Bertz CT molecular complexity index is 737. The predicted octanol–water partition coefficient (Wildman–Crippen LogP) is 4.18. The van der Waals surface area contributed by atoms with E-state index in [0.29, 0.717) is 6.54 Å². The van der Waals surface area contributed by atoms with Crippen LogP contribution in [-0.4, -0.2) is 10.8 Å². The second kappa shape index (κ2) is 5.92. The Kier molecular flexibility index (Phi) is 3.62. The van der Waals surface area contributed by atoms with Gasteiger partial charge in [0.15, 0.2) is 0 Å². The molecule has 0 fully saturated rings. The minimum absolute atomic E-state index is 0.126. The summed E-state index contributed by atoms with van der Waals surface area (Å²) in [5.41, 5.74) is 3.01. The van der Waals surface area contributed by atoms with Gasteiger partial charge in [-0.2, -0.15) is 0 Å². The topological polar surface area (TPSA) is 29.5 Å². The first-order valence-corrected chi connectivity index (χ1v) is 8.11. The molecule has 4 rings (SSSR count). The van der Waals surface area contributed by atoms with Gasteiger partial charge in [0.2, 0.25) is 6.23 Å². The maximum absolute atomic E-state index is 13.0. The molecule has 0 bridgehead atoms. The summed E-state index contributed by atoms with van der Waals surface area (Å²) >= 11 is 0.